The van der Waals surface area contributed by atoms with E-state index >= 15 is 0 Å². The van der Waals surface area contributed by atoms with Gasteiger partial charge in [0.1, 0.15) is 29.6 Å². The number of aliphatic hydroxyl groups excluding tert-OH is 4. The molecule has 1 aliphatic rings. The molecule has 1 aromatic heterocycles. The van der Waals surface area contributed by atoms with E-state index in [9.17, 15) is 25.2 Å². The van der Waals surface area contributed by atoms with Crippen LogP contribution in [-0.2, 0) is 16.1 Å². The maximum atomic E-state index is 12.3. The summed E-state index contributed by atoms with van der Waals surface area (Å²) >= 11 is 0. The number of aliphatic hydroxyl groups is 4. The monoisotopic (exact) mass is 328 g/mol. The molecule has 0 amide bonds. The van der Waals surface area contributed by atoms with Gasteiger partial charge in [0.15, 0.2) is 0 Å². The molecule has 1 saturated heterocycles. The third-order valence-corrected chi connectivity index (χ3v) is 3.62. The number of hydrogen-bond acceptors (Lipinski definition) is 8. The van der Waals surface area contributed by atoms with Gasteiger partial charge in [-0.1, -0.05) is 6.08 Å². The minimum Gasteiger partial charge on any atom is -0.464 e. The van der Waals surface area contributed by atoms with Crippen molar-refractivity contribution in [2.45, 2.75) is 51.2 Å². The fourth-order valence-corrected chi connectivity index (χ4v) is 2.31. The van der Waals surface area contributed by atoms with Crippen molar-refractivity contribution < 1.29 is 39.1 Å². The molecule has 1 fully saturated rings. The van der Waals surface area contributed by atoms with Crippen LogP contribution >= 0.6 is 0 Å². The minimum atomic E-state index is -1.60. The first-order valence-electron chi connectivity index (χ1n) is 7.15. The second kappa shape index (κ2) is 7.24. The number of furan rings is 1. The van der Waals surface area contributed by atoms with Crippen molar-refractivity contribution >= 4 is 12.0 Å². The molecular weight excluding hydrogens is 308 g/mol. The van der Waals surface area contributed by atoms with Crippen LogP contribution in [0, 0.1) is 0 Å². The number of rotatable bonds is 4. The Kier molecular flexibility index (Phi) is 5.55. The average Bonchev–Trinajstić information content (AvgIpc) is 2.93. The Morgan fingerprint density at radius 2 is 2.00 bits per heavy atom. The summed E-state index contributed by atoms with van der Waals surface area (Å²) < 4.78 is 15.5. The van der Waals surface area contributed by atoms with E-state index in [1.165, 1.54) is 19.3 Å². The molecule has 23 heavy (non-hydrogen) atoms. The van der Waals surface area contributed by atoms with Crippen molar-refractivity contribution in [3.63, 3.8) is 0 Å². The van der Waals surface area contributed by atoms with Crippen LogP contribution in [0.2, 0.25) is 0 Å². The summed E-state index contributed by atoms with van der Waals surface area (Å²) in [4.78, 5) is 12.3. The normalized spacial score (nSPS) is 31.5. The molecule has 1 aromatic rings. The van der Waals surface area contributed by atoms with Crippen molar-refractivity contribution in [1.82, 2.24) is 0 Å². The van der Waals surface area contributed by atoms with Crippen LogP contribution in [0.15, 0.2) is 16.8 Å². The molecule has 0 aliphatic carbocycles. The van der Waals surface area contributed by atoms with Gasteiger partial charge >= 0.3 is 5.97 Å². The highest BCUT2D eigenvalue weighted by Gasteiger charge is 2.44. The molecule has 1 aliphatic heterocycles. The highest BCUT2D eigenvalue weighted by atomic mass is 16.7. The Labute approximate surface area is 132 Å². The second-order valence-corrected chi connectivity index (χ2v) is 5.24. The van der Waals surface area contributed by atoms with Crippen molar-refractivity contribution in [2.24, 2.45) is 0 Å². The Hall–Kier alpha value is -1.71. The molecule has 4 N–H and O–H groups in total. The molecule has 0 spiro atoms. The van der Waals surface area contributed by atoms with Crippen molar-refractivity contribution in [2.75, 3.05) is 0 Å². The lowest BCUT2D eigenvalue weighted by Gasteiger charge is -2.38. The molecule has 2 heterocycles. The topological polar surface area (TPSA) is 130 Å². The number of allylic oxidation sites excluding steroid dienone is 1. The summed E-state index contributed by atoms with van der Waals surface area (Å²) in [5.74, 6) is -0.684. The number of ether oxygens (including phenoxy) is 2. The van der Waals surface area contributed by atoms with Gasteiger partial charge in [0.2, 0.25) is 6.29 Å². The first-order valence-corrected chi connectivity index (χ1v) is 7.15. The summed E-state index contributed by atoms with van der Waals surface area (Å²) in [6.07, 6.45) is -2.28. The van der Waals surface area contributed by atoms with E-state index in [2.05, 4.69) is 0 Å². The SMILES string of the molecule is C/C=C/c1occ(CO)c1C(=O)OC1OC(C)C(O)C(O)C1O. The van der Waals surface area contributed by atoms with E-state index in [1.54, 1.807) is 13.0 Å². The molecular formula is C15H20O8. The Bertz CT molecular complexity index is 578. The lowest BCUT2D eigenvalue weighted by atomic mass is 10.00. The molecule has 8 heteroatoms. The standard InChI is InChI=1S/C15H20O8/c1-3-4-9-10(8(5-16)6-21-9)14(20)23-15-13(19)12(18)11(17)7(2)22-15/h3-4,6-7,11-13,15-19H,5H2,1-2H3/b4-3+. The second-order valence-electron chi connectivity index (χ2n) is 5.24. The van der Waals surface area contributed by atoms with Crippen LogP contribution < -0.4 is 0 Å². The van der Waals surface area contributed by atoms with E-state index in [4.69, 9.17) is 13.9 Å². The van der Waals surface area contributed by atoms with E-state index in [0.29, 0.717) is 0 Å². The van der Waals surface area contributed by atoms with E-state index < -0.39 is 43.3 Å². The van der Waals surface area contributed by atoms with Crippen LogP contribution in [-0.4, -0.2) is 57.1 Å². The average molecular weight is 328 g/mol. The number of carbonyl (C=O) groups is 1. The molecule has 5 atom stereocenters. The van der Waals surface area contributed by atoms with Crippen LogP contribution in [0.4, 0.5) is 0 Å². The van der Waals surface area contributed by atoms with Gasteiger partial charge < -0.3 is 34.3 Å². The highest BCUT2D eigenvalue weighted by molar-refractivity contribution is 5.94. The van der Waals surface area contributed by atoms with Crippen molar-refractivity contribution in [3.05, 3.63) is 29.2 Å². The molecule has 2 rings (SSSR count). The lowest BCUT2D eigenvalue weighted by molar-refractivity contribution is -0.276. The minimum absolute atomic E-state index is 0.00895. The van der Waals surface area contributed by atoms with E-state index in [0.717, 1.165) is 0 Å². The largest absolute Gasteiger partial charge is 0.464 e. The molecule has 0 bridgehead atoms. The van der Waals surface area contributed by atoms with Gasteiger partial charge in [-0.3, -0.25) is 0 Å². The maximum absolute atomic E-state index is 12.3. The van der Waals surface area contributed by atoms with Gasteiger partial charge in [-0.05, 0) is 19.9 Å². The van der Waals surface area contributed by atoms with Gasteiger partial charge in [0, 0.05) is 5.56 Å². The van der Waals surface area contributed by atoms with E-state index in [1.807, 2.05) is 0 Å². The Morgan fingerprint density at radius 3 is 2.61 bits per heavy atom. The first kappa shape index (κ1) is 17.6. The van der Waals surface area contributed by atoms with Crippen LogP contribution in [0.5, 0.6) is 0 Å². The Morgan fingerprint density at radius 1 is 1.30 bits per heavy atom. The summed E-state index contributed by atoms with van der Waals surface area (Å²) in [5, 5.41) is 38.5. The number of carbonyl (C=O) groups excluding carboxylic acids is 1. The smallest absolute Gasteiger partial charge is 0.344 e. The van der Waals surface area contributed by atoms with Crippen molar-refractivity contribution in [1.29, 1.82) is 0 Å². The van der Waals surface area contributed by atoms with Gasteiger partial charge in [0.05, 0.1) is 19.0 Å². The molecule has 8 nitrogen and oxygen atoms in total. The van der Waals surface area contributed by atoms with Crippen LogP contribution in [0.25, 0.3) is 6.08 Å². The Balaban J connectivity index is 2.20. The quantitative estimate of drug-likeness (QED) is 0.559. The summed E-state index contributed by atoms with van der Waals surface area (Å²) in [5.41, 5.74) is 0.233. The molecule has 0 radical (unpaired) electrons. The molecule has 0 aromatic carbocycles. The number of hydrogen-bond donors (Lipinski definition) is 4. The third kappa shape index (κ3) is 3.46. The third-order valence-electron chi connectivity index (χ3n) is 3.62. The van der Waals surface area contributed by atoms with E-state index in [-0.39, 0.29) is 16.9 Å². The van der Waals surface area contributed by atoms with Gasteiger partial charge in [0.25, 0.3) is 0 Å². The zero-order valence-corrected chi connectivity index (χ0v) is 12.7. The summed E-state index contributed by atoms with van der Waals surface area (Å²) in [6.45, 7) is 2.77. The van der Waals surface area contributed by atoms with Gasteiger partial charge in [-0.2, -0.15) is 0 Å². The predicted octanol–water partition coefficient (Wildman–Crippen LogP) is -0.211. The fraction of sp³-hybridized carbons (Fsp3) is 0.533. The van der Waals surface area contributed by atoms with Gasteiger partial charge in [-0.25, -0.2) is 4.79 Å². The number of esters is 1. The lowest BCUT2D eigenvalue weighted by Crippen LogP contribution is -2.57. The van der Waals surface area contributed by atoms with Crippen molar-refractivity contribution in [3.8, 4) is 0 Å². The molecule has 128 valence electrons. The van der Waals surface area contributed by atoms with Crippen LogP contribution in [0.3, 0.4) is 0 Å². The molecule has 5 unspecified atom stereocenters. The van der Waals surface area contributed by atoms with Crippen LogP contribution in [0.1, 0.15) is 35.5 Å². The molecule has 0 saturated carbocycles. The predicted molar refractivity (Wildman–Crippen MR) is 77.1 cm³/mol. The zero-order chi connectivity index (χ0) is 17.1. The summed E-state index contributed by atoms with van der Waals surface area (Å²) in [7, 11) is 0. The highest BCUT2D eigenvalue weighted by Crippen LogP contribution is 2.25. The summed E-state index contributed by atoms with van der Waals surface area (Å²) in [6, 6.07) is 0. The fourth-order valence-electron chi connectivity index (χ4n) is 2.31. The maximum Gasteiger partial charge on any atom is 0.344 e. The zero-order valence-electron chi connectivity index (χ0n) is 12.7. The first-order chi connectivity index (χ1) is 10.9. The van der Waals surface area contributed by atoms with Gasteiger partial charge in [-0.15, -0.1) is 0 Å².